The van der Waals surface area contributed by atoms with Crippen molar-refractivity contribution in [2.45, 2.75) is 0 Å². The van der Waals surface area contributed by atoms with Crippen molar-refractivity contribution < 1.29 is 12.6 Å². The third-order valence-electron chi connectivity index (χ3n) is 2.74. The zero-order chi connectivity index (χ0) is 14.4. The summed E-state index contributed by atoms with van der Waals surface area (Å²) in [5.74, 6) is 0. The maximum Gasteiger partial charge on any atom is 0.264 e. The number of hydrogen-bond acceptors (Lipinski definition) is 3. The lowest BCUT2D eigenvalue weighted by atomic mass is 9.98. The molecule has 0 spiro atoms. The van der Waals surface area contributed by atoms with Gasteiger partial charge in [-0.25, -0.2) is 0 Å². The second kappa shape index (κ2) is 6.50. The molecule has 0 bridgehead atoms. The molecule has 20 heavy (non-hydrogen) atoms. The monoisotopic (exact) mass is 288 g/mol. The van der Waals surface area contributed by atoms with E-state index in [1.807, 2.05) is 60.7 Å². The zero-order valence-corrected chi connectivity index (χ0v) is 12.0. The molecule has 0 unspecified atom stereocenters. The van der Waals surface area contributed by atoms with Gasteiger partial charge in [-0.05, 0) is 22.8 Å². The lowest BCUT2D eigenvalue weighted by molar-refractivity contribution is 0.362. The minimum Gasteiger partial charge on any atom is -0.266 e. The lowest BCUT2D eigenvalue weighted by Crippen LogP contribution is -2.03. The summed E-state index contributed by atoms with van der Waals surface area (Å²) in [6.45, 7) is 0.0257. The molecule has 0 aliphatic carbocycles. The van der Waals surface area contributed by atoms with Crippen molar-refractivity contribution in [1.82, 2.24) is 0 Å². The van der Waals surface area contributed by atoms with E-state index in [9.17, 15) is 8.42 Å². The van der Waals surface area contributed by atoms with E-state index < -0.39 is 10.1 Å². The van der Waals surface area contributed by atoms with Gasteiger partial charge < -0.3 is 0 Å². The van der Waals surface area contributed by atoms with Gasteiger partial charge in [0, 0.05) is 0 Å². The van der Waals surface area contributed by atoms with Crippen LogP contribution in [-0.4, -0.2) is 21.3 Å². The summed E-state index contributed by atoms with van der Waals surface area (Å²) in [4.78, 5) is 0. The third kappa shape index (κ3) is 4.33. The van der Waals surface area contributed by atoms with E-state index >= 15 is 0 Å². The maximum atomic E-state index is 11.0. The van der Waals surface area contributed by atoms with Crippen LogP contribution in [0.5, 0.6) is 0 Å². The van der Waals surface area contributed by atoms with Gasteiger partial charge in [-0.3, -0.25) is 4.18 Å². The normalized spacial score (nSPS) is 11.1. The smallest absolute Gasteiger partial charge is 0.264 e. The van der Waals surface area contributed by atoms with Gasteiger partial charge in [-0.15, -0.1) is 0 Å². The molecule has 4 heteroatoms. The van der Waals surface area contributed by atoms with E-state index in [1.54, 1.807) is 6.08 Å². The molecule has 3 nitrogen and oxygen atoms in total. The summed E-state index contributed by atoms with van der Waals surface area (Å²) in [5.41, 5.74) is 3.00. The minimum atomic E-state index is -3.43. The Morgan fingerprint density at radius 1 is 0.950 bits per heavy atom. The Balaban J connectivity index is 2.33. The molecule has 0 radical (unpaired) electrons. The highest BCUT2D eigenvalue weighted by molar-refractivity contribution is 7.85. The summed E-state index contributed by atoms with van der Waals surface area (Å²) in [6.07, 6.45) is 2.83. The van der Waals surface area contributed by atoms with Crippen molar-refractivity contribution >= 4 is 15.7 Å². The summed E-state index contributed by atoms with van der Waals surface area (Å²) in [5, 5.41) is 0. The first-order valence-electron chi connectivity index (χ1n) is 6.22. The van der Waals surface area contributed by atoms with Crippen LogP contribution < -0.4 is 0 Å². The molecule has 104 valence electrons. The second-order valence-corrected chi connectivity index (χ2v) is 5.98. The van der Waals surface area contributed by atoms with E-state index in [-0.39, 0.29) is 6.61 Å². The second-order valence-electron chi connectivity index (χ2n) is 4.34. The van der Waals surface area contributed by atoms with E-state index in [0.717, 1.165) is 23.0 Å². The summed E-state index contributed by atoms with van der Waals surface area (Å²) in [7, 11) is -3.43. The van der Waals surface area contributed by atoms with Gasteiger partial charge in [0.25, 0.3) is 10.1 Å². The SMILES string of the molecule is CS(=O)(=O)OCC=C(c1ccccc1)c1ccccc1. The van der Waals surface area contributed by atoms with Crippen molar-refractivity contribution in [2.75, 3.05) is 12.9 Å². The zero-order valence-electron chi connectivity index (χ0n) is 11.2. The van der Waals surface area contributed by atoms with Crippen molar-refractivity contribution in [3.8, 4) is 0 Å². The molecule has 0 atom stereocenters. The van der Waals surface area contributed by atoms with Crippen LogP contribution in [0.15, 0.2) is 66.7 Å². The maximum absolute atomic E-state index is 11.0. The molecule has 0 aromatic heterocycles. The molecule has 0 aliphatic rings. The van der Waals surface area contributed by atoms with Crippen LogP contribution in [0.25, 0.3) is 5.57 Å². The third-order valence-corrected chi connectivity index (χ3v) is 3.30. The first-order chi connectivity index (χ1) is 9.56. The van der Waals surface area contributed by atoms with Gasteiger partial charge in [-0.1, -0.05) is 60.7 Å². The van der Waals surface area contributed by atoms with Crippen LogP contribution in [0.4, 0.5) is 0 Å². The Kier molecular flexibility index (Phi) is 4.71. The average molecular weight is 288 g/mol. The van der Waals surface area contributed by atoms with Crippen LogP contribution in [0.3, 0.4) is 0 Å². The number of hydrogen-bond donors (Lipinski definition) is 0. The molecular formula is C16H16O3S. The summed E-state index contributed by atoms with van der Waals surface area (Å²) < 4.78 is 26.9. The molecule has 0 fully saturated rings. The molecule has 0 saturated heterocycles. The Labute approximate surface area is 119 Å². The molecule has 2 rings (SSSR count). The van der Waals surface area contributed by atoms with Crippen LogP contribution in [0, 0.1) is 0 Å². The van der Waals surface area contributed by atoms with E-state index in [2.05, 4.69) is 0 Å². The van der Waals surface area contributed by atoms with Gasteiger partial charge in [0.2, 0.25) is 0 Å². The van der Waals surface area contributed by atoms with Crippen molar-refractivity contribution in [3.05, 3.63) is 77.9 Å². The van der Waals surface area contributed by atoms with Gasteiger partial charge in [-0.2, -0.15) is 8.42 Å². The van der Waals surface area contributed by atoms with Crippen LogP contribution >= 0.6 is 0 Å². The Morgan fingerprint density at radius 2 is 1.40 bits per heavy atom. The number of benzene rings is 2. The highest BCUT2D eigenvalue weighted by Gasteiger charge is 2.05. The topological polar surface area (TPSA) is 43.4 Å². The fourth-order valence-corrected chi connectivity index (χ4v) is 2.19. The standard InChI is InChI=1S/C16H16O3S/c1-20(17,18)19-13-12-16(14-8-4-2-5-9-14)15-10-6-3-7-11-15/h2-12H,13H2,1H3. The Morgan fingerprint density at radius 3 is 1.80 bits per heavy atom. The van der Waals surface area contributed by atoms with Gasteiger partial charge in [0.05, 0.1) is 12.9 Å². The molecule has 0 aliphatic heterocycles. The quantitative estimate of drug-likeness (QED) is 0.794. The summed E-state index contributed by atoms with van der Waals surface area (Å²) >= 11 is 0. The van der Waals surface area contributed by atoms with Crippen molar-refractivity contribution in [2.24, 2.45) is 0 Å². The fourth-order valence-electron chi connectivity index (χ4n) is 1.88. The molecule has 2 aromatic carbocycles. The molecule has 0 saturated carbocycles. The van der Waals surface area contributed by atoms with E-state index in [0.29, 0.717) is 0 Å². The molecule has 0 heterocycles. The predicted octanol–water partition coefficient (Wildman–Crippen LogP) is 3.09. The highest BCUT2D eigenvalue weighted by atomic mass is 32.2. The highest BCUT2D eigenvalue weighted by Crippen LogP contribution is 2.22. The Hall–Kier alpha value is -1.91. The molecule has 0 amide bonds. The van der Waals surface area contributed by atoms with Crippen LogP contribution in [0.1, 0.15) is 11.1 Å². The first kappa shape index (κ1) is 14.5. The van der Waals surface area contributed by atoms with Crippen LogP contribution in [0.2, 0.25) is 0 Å². The molecule has 2 aromatic rings. The summed E-state index contributed by atoms with van der Waals surface area (Å²) in [6, 6.07) is 19.6. The van der Waals surface area contributed by atoms with Gasteiger partial charge >= 0.3 is 0 Å². The number of rotatable bonds is 5. The van der Waals surface area contributed by atoms with Crippen molar-refractivity contribution in [3.63, 3.8) is 0 Å². The first-order valence-corrected chi connectivity index (χ1v) is 8.03. The Bertz CT molecular complexity index is 633. The van der Waals surface area contributed by atoms with Crippen LogP contribution in [-0.2, 0) is 14.3 Å². The minimum absolute atomic E-state index is 0.0257. The van der Waals surface area contributed by atoms with Crippen molar-refractivity contribution in [1.29, 1.82) is 0 Å². The lowest BCUT2D eigenvalue weighted by Gasteiger charge is -2.08. The predicted molar refractivity (Wildman–Crippen MR) is 80.8 cm³/mol. The largest absolute Gasteiger partial charge is 0.266 e. The average Bonchev–Trinajstić information content (AvgIpc) is 2.44. The molecular weight excluding hydrogens is 272 g/mol. The van der Waals surface area contributed by atoms with Gasteiger partial charge in [0.1, 0.15) is 0 Å². The molecule has 0 N–H and O–H groups in total. The van der Waals surface area contributed by atoms with Gasteiger partial charge in [0.15, 0.2) is 0 Å². The van der Waals surface area contributed by atoms with E-state index in [1.165, 1.54) is 0 Å². The fraction of sp³-hybridized carbons (Fsp3) is 0.125. The van der Waals surface area contributed by atoms with E-state index in [4.69, 9.17) is 4.18 Å².